The SMILES string of the molecule is COC(=O)C1CC[C@@H](C(=O)O)C1. The molecule has 12 heavy (non-hydrogen) atoms. The Kier molecular flexibility index (Phi) is 2.68. The Balaban J connectivity index is 2.45. The summed E-state index contributed by atoms with van der Waals surface area (Å²) in [5.74, 6) is -1.63. The predicted octanol–water partition coefficient (Wildman–Crippen LogP) is 0.660. The van der Waals surface area contributed by atoms with Gasteiger partial charge in [-0.1, -0.05) is 0 Å². The molecule has 1 unspecified atom stereocenters. The van der Waals surface area contributed by atoms with Crippen LogP contribution in [0.15, 0.2) is 0 Å². The molecule has 0 spiro atoms. The van der Waals surface area contributed by atoms with E-state index in [-0.39, 0.29) is 17.8 Å². The van der Waals surface area contributed by atoms with E-state index in [2.05, 4.69) is 4.74 Å². The first-order chi connectivity index (χ1) is 5.65. The predicted molar refractivity (Wildman–Crippen MR) is 40.5 cm³/mol. The Morgan fingerprint density at radius 2 is 1.92 bits per heavy atom. The van der Waals surface area contributed by atoms with Gasteiger partial charge in [0.15, 0.2) is 0 Å². The summed E-state index contributed by atoms with van der Waals surface area (Å²) in [6.45, 7) is 0. The number of aliphatic carboxylic acids is 1. The fraction of sp³-hybridized carbons (Fsp3) is 0.750. The summed E-state index contributed by atoms with van der Waals surface area (Å²) < 4.78 is 4.53. The Morgan fingerprint density at radius 3 is 2.33 bits per heavy atom. The summed E-state index contributed by atoms with van der Waals surface area (Å²) in [7, 11) is 1.33. The molecule has 4 heteroatoms. The average Bonchev–Trinajstić information content (AvgIpc) is 2.51. The van der Waals surface area contributed by atoms with Crippen molar-refractivity contribution < 1.29 is 19.4 Å². The zero-order valence-electron chi connectivity index (χ0n) is 6.95. The number of carboxylic acid groups (broad SMARTS) is 1. The third kappa shape index (κ3) is 1.75. The lowest BCUT2D eigenvalue weighted by atomic mass is 10.1. The molecule has 0 aromatic carbocycles. The first kappa shape index (κ1) is 9.03. The monoisotopic (exact) mass is 172 g/mol. The van der Waals surface area contributed by atoms with Crippen molar-refractivity contribution in [3.05, 3.63) is 0 Å². The maximum atomic E-state index is 11.0. The van der Waals surface area contributed by atoms with Crippen LogP contribution in [0.2, 0.25) is 0 Å². The Morgan fingerprint density at radius 1 is 1.33 bits per heavy atom. The van der Waals surface area contributed by atoms with E-state index in [0.29, 0.717) is 19.3 Å². The van der Waals surface area contributed by atoms with Gasteiger partial charge in [-0.3, -0.25) is 9.59 Å². The number of rotatable bonds is 2. The molecular formula is C8H12O4. The maximum Gasteiger partial charge on any atom is 0.308 e. The number of ether oxygens (including phenoxy) is 1. The fourth-order valence-corrected chi connectivity index (χ4v) is 1.59. The lowest BCUT2D eigenvalue weighted by Gasteiger charge is -2.05. The first-order valence-corrected chi connectivity index (χ1v) is 3.95. The van der Waals surface area contributed by atoms with E-state index in [1.54, 1.807) is 0 Å². The van der Waals surface area contributed by atoms with E-state index < -0.39 is 5.97 Å². The van der Waals surface area contributed by atoms with Crippen LogP contribution in [-0.4, -0.2) is 24.2 Å². The minimum absolute atomic E-state index is 0.198. The van der Waals surface area contributed by atoms with Crippen LogP contribution in [0.25, 0.3) is 0 Å². The van der Waals surface area contributed by atoms with Gasteiger partial charge in [-0.15, -0.1) is 0 Å². The van der Waals surface area contributed by atoms with Crippen LogP contribution < -0.4 is 0 Å². The molecule has 0 saturated heterocycles. The number of esters is 1. The Labute approximate surface area is 70.5 Å². The standard InChI is InChI=1S/C8H12O4/c1-12-8(11)6-3-2-5(4-6)7(9)10/h5-6H,2-4H2,1H3,(H,9,10)/t5-,6?/m1/s1. The summed E-state index contributed by atoms with van der Waals surface area (Å²) in [4.78, 5) is 21.5. The zero-order chi connectivity index (χ0) is 9.14. The van der Waals surface area contributed by atoms with Crippen LogP contribution in [0.3, 0.4) is 0 Å². The topological polar surface area (TPSA) is 63.6 Å². The normalized spacial score (nSPS) is 28.4. The number of carbonyl (C=O) groups excluding carboxylic acids is 1. The lowest BCUT2D eigenvalue weighted by Crippen LogP contribution is -2.15. The van der Waals surface area contributed by atoms with Gasteiger partial charge in [0.1, 0.15) is 0 Å². The minimum Gasteiger partial charge on any atom is -0.481 e. The number of carbonyl (C=O) groups is 2. The van der Waals surface area contributed by atoms with E-state index in [1.807, 2.05) is 0 Å². The van der Waals surface area contributed by atoms with Crippen LogP contribution in [0, 0.1) is 11.8 Å². The van der Waals surface area contributed by atoms with Crippen molar-refractivity contribution >= 4 is 11.9 Å². The van der Waals surface area contributed by atoms with E-state index in [0.717, 1.165) is 0 Å². The second kappa shape index (κ2) is 3.56. The van der Waals surface area contributed by atoms with Gasteiger partial charge in [0, 0.05) is 0 Å². The van der Waals surface area contributed by atoms with Crippen molar-refractivity contribution in [1.82, 2.24) is 0 Å². The molecule has 1 rings (SSSR count). The molecule has 1 aliphatic rings. The van der Waals surface area contributed by atoms with Gasteiger partial charge in [0.05, 0.1) is 18.9 Å². The molecule has 1 fully saturated rings. The molecule has 2 atom stereocenters. The molecule has 68 valence electrons. The van der Waals surface area contributed by atoms with E-state index in [1.165, 1.54) is 7.11 Å². The quantitative estimate of drug-likeness (QED) is 0.621. The third-order valence-corrected chi connectivity index (χ3v) is 2.32. The second-order valence-corrected chi connectivity index (χ2v) is 3.07. The molecular weight excluding hydrogens is 160 g/mol. The summed E-state index contributed by atoms with van der Waals surface area (Å²) >= 11 is 0. The summed E-state index contributed by atoms with van der Waals surface area (Å²) in [6, 6.07) is 0. The van der Waals surface area contributed by atoms with Crippen molar-refractivity contribution in [3.8, 4) is 0 Å². The number of methoxy groups -OCH3 is 1. The van der Waals surface area contributed by atoms with Crippen LogP contribution >= 0.6 is 0 Å². The molecule has 0 aliphatic heterocycles. The highest BCUT2D eigenvalue weighted by molar-refractivity contribution is 5.76. The first-order valence-electron chi connectivity index (χ1n) is 3.95. The molecule has 0 heterocycles. The molecule has 4 nitrogen and oxygen atoms in total. The van der Waals surface area contributed by atoms with Gasteiger partial charge in [0.25, 0.3) is 0 Å². The molecule has 0 aromatic heterocycles. The highest BCUT2D eigenvalue weighted by Crippen LogP contribution is 2.31. The van der Waals surface area contributed by atoms with Crippen LogP contribution in [0.5, 0.6) is 0 Å². The van der Waals surface area contributed by atoms with Crippen LogP contribution in [0.4, 0.5) is 0 Å². The summed E-state index contributed by atoms with van der Waals surface area (Å²) in [5, 5.41) is 8.63. The van der Waals surface area contributed by atoms with Gasteiger partial charge in [-0.05, 0) is 19.3 Å². The Hall–Kier alpha value is -1.06. The summed E-state index contributed by atoms with van der Waals surface area (Å²) in [6.07, 6.45) is 1.67. The highest BCUT2D eigenvalue weighted by atomic mass is 16.5. The molecule has 0 amide bonds. The fourth-order valence-electron chi connectivity index (χ4n) is 1.59. The lowest BCUT2D eigenvalue weighted by molar-refractivity contribution is -0.145. The third-order valence-electron chi connectivity index (χ3n) is 2.32. The van der Waals surface area contributed by atoms with Crippen molar-refractivity contribution in [2.75, 3.05) is 7.11 Å². The smallest absolute Gasteiger partial charge is 0.308 e. The number of hydrogen-bond acceptors (Lipinski definition) is 3. The molecule has 1 N–H and O–H groups in total. The zero-order valence-corrected chi connectivity index (χ0v) is 6.95. The average molecular weight is 172 g/mol. The number of hydrogen-bond donors (Lipinski definition) is 1. The van der Waals surface area contributed by atoms with E-state index in [9.17, 15) is 9.59 Å². The van der Waals surface area contributed by atoms with E-state index >= 15 is 0 Å². The van der Waals surface area contributed by atoms with Crippen molar-refractivity contribution in [1.29, 1.82) is 0 Å². The van der Waals surface area contributed by atoms with Crippen molar-refractivity contribution in [2.45, 2.75) is 19.3 Å². The van der Waals surface area contributed by atoms with Crippen molar-refractivity contribution in [2.24, 2.45) is 11.8 Å². The van der Waals surface area contributed by atoms with E-state index in [4.69, 9.17) is 5.11 Å². The van der Waals surface area contributed by atoms with Gasteiger partial charge < -0.3 is 9.84 Å². The van der Waals surface area contributed by atoms with Gasteiger partial charge in [-0.2, -0.15) is 0 Å². The Bertz CT molecular complexity index is 199. The maximum absolute atomic E-state index is 11.0. The van der Waals surface area contributed by atoms with Gasteiger partial charge in [-0.25, -0.2) is 0 Å². The van der Waals surface area contributed by atoms with Crippen LogP contribution in [0.1, 0.15) is 19.3 Å². The minimum atomic E-state index is -0.804. The molecule has 0 bridgehead atoms. The van der Waals surface area contributed by atoms with Gasteiger partial charge in [0.2, 0.25) is 0 Å². The van der Waals surface area contributed by atoms with Gasteiger partial charge >= 0.3 is 11.9 Å². The van der Waals surface area contributed by atoms with Crippen LogP contribution in [-0.2, 0) is 14.3 Å². The summed E-state index contributed by atoms with van der Waals surface area (Å²) in [5.41, 5.74) is 0. The molecule has 1 aliphatic carbocycles. The highest BCUT2D eigenvalue weighted by Gasteiger charge is 2.34. The van der Waals surface area contributed by atoms with Crippen molar-refractivity contribution in [3.63, 3.8) is 0 Å². The largest absolute Gasteiger partial charge is 0.481 e. The molecule has 0 aromatic rings. The molecule has 1 saturated carbocycles. The molecule has 0 radical (unpaired) electrons. The second-order valence-electron chi connectivity index (χ2n) is 3.07. The number of carboxylic acids is 1.